The Balaban J connectivity index is 1.87. The molecule has 0 bridgehead atoms. The number of carbonyl (C=O) groups excluding carboxylic acids is 1. The topological polar surface area (TPSA) is 101 Å². The van der Waals surface area contributed by atoms with Gasteiger partial charge in [-0.2, -0.15) is 5.26 Å². The van der Waals surface area contributed by atoms with Crippen LogP contribution in [0.1, 0.15) is 11.1 Å². The number of amides is 1. The molecule has 0 aliphatic heterocycles. The molecule has 3 aromatic rings. The summed E-state index contributed by atoms with van der Waals surface area (Å²) < 4.78 is 5.88. The Kier molecular flexibility index (Phi) is 4.26. The Hall–Kier alpha value is -3.18. The highest BCUT2D eigenvalue weighted by Crippen LogP contribution is 2.23. The van der Waals surface area contributed by atoms with Crippen LogP contribution < -0.4 is 11.1 Å². The molecule has 7 nitrogen and oxygen atoms in total. The van der Waals surface area contributed by atoms with Gasteiger partial charge in [0.25, 0.3) is 0 Å². The lowest BCUT2D eigenvalue weighted by Gasteiger charge is -2.07. The summed E-state index contributed by atoms with van der Waals surface area (Å²) in [5.41, 5.74) is 2.00. The summed E-state index contributed by atoms with van der Waals surface area (Å²) >= 11 is 1.24. The highest BCUT2D eigenvalue weighted by Gasteiger charge is 2.18. The number of carbonyl (C=O) groups is 1. The molecule has 24 heavy (non-hydrogen) atoms. The van der Waals surface area contributed by atoms with Gasteiger partial charge in [-0.25, -0.2) is 9.36 Å². The van der Waals surface area contributed by atoms with Crippen LogP contribution in [0, 0.1) is 18.3 Å². The molecule has 0 aliphatic rings. The second-order valence-corrected chi connectivity index (χ2v) is 5.91. The lowest BCUT2D eigenvalue weighted by Crippen LogP contribution is -2.25. The molecule has 0 radical (unpaired) electrons. The van der Waals surface area contributed by atoms with Crippen molar-refractivity contribution in [1.82, 2.24) is 9.72 Å². The quantitative estimate of drug-likeness (QED) is 0.786. The second-order valence-electron chi connectivity index (χ2n) is 5.00. The van der Waals surface area contributed by atoms with Gasteiger partial charge in [-0.1, -0.05) is 29.4 Å². The summed E-state index contributed by atoms with van der Waals surface area (Å²) in [6, 6.07) is 11.0. The third-order valence-corrected chi connectivity index (χ3v) is 4.24. The third kappa shape index (κ3) is 2.98. The van der Waals surface area contributed by atoms with Crippen molar-refractivity contribution in [3.63, 3.8) is 0 Å². The van der Waals surface area contributed by atoms with Gasteiger partial charge in [0.1, 0.15) is 17.6 Å². The van der Waals surface area contributed by atoms with Crippen LogP contribution in [0.3, 0.4) is 0 Å². The van der Waals surface area contributed by atoms with E-state index in [1.165, 1.54) is 11.3 Å². The third-order valence-electron chi connectivity index (χ3n) is 3.41. The zero-order chi connectivity index (χ0) is 17.1. The lowest BCUT2D eigenvalue weighted by molar-refractivity contribution is -0.116. The first-order valence-electron chi connectivity index (χ1n) is 7.00. The molecule has 1 aromatic carbocycles. The van der Waals surface area contributed by atoms with E-state index in [1.54, 1.807) is 17.5 Å². The number of hydrogen-bond donors (Lipinski definition) is 1. The molecule has 1 amide bonds. The largest absolute Gasteiger partial charge is 0.442 e. The second kappa shape index (κ2) is 6.52. The van der Waals surface area contributed by atoms with Crippen LogP contribution in [0.25, 0.3) is 11.4 Å². The first-order chi connectivity index (χ1) is 11.6. The molecule has 0 fully saturated rings. The molecular formula is C16H12N4O3S. The summed E-state index contributed by atoms with van der Waals surface area (Å²) in [5, 5.41) is 17.5. The summed E-state index contributed by atoms with van der Waals surface area (Å²) in [5.74, 6) is -0.857. The Morgan fingerprint density at radius 1 is 1.42 bits per heavy atom. The molecule has 0 aliphatic carbocycles. The van der Waals surface area contributed by atoms with Gasteiger partial charge in [0.05, 0.1) is 5.56 Å². The standard InChI is InChI=1S/C16H12N4O3S/c1-10-4-2-3-5-12(10)14-19-23-16(22)20(14)9-13(21)18-15-11(8-17)6-7-24-15/h2-7H,9H2,1H3,(H,18,21). The van der Waals surface area contributed by atoms with Crippen molar-refractivity contribution in [2.45, 2.75) is 13.5 Å². The van der Waals surface area contributed by atoms with Crippen LogP contribution in [-0.4, -0.2) is 15.6 Å². The summed E-state index contributed by atoms with van der Waals surface area (Å²) in [6.45, 7) is 1.62. The van der Waals surface area contributed by atoms with Crippen LogP contribution in [0.4, 0.5) is 5.00 Å². The van der Waals surface area contributed by atoms with E-state index in [0.29, 0.717) is 22.0 Å². The number of anilines is 1. The van der Waals surface area contributed by atoms with Crippen LogP contribution in [0.15, 0.2) is 45.0 Å². The SMILES string of the molecule is Cc1ccccc1-c1noc(=O)n1CC(=O)Nc1sccc1C#N. The van der Waals surface area contributed by atoms with Gasteiger partial charge in [0.2, 0.25) is 5.91 Å². The Labute approximate surface area is 140 Å². The van der Waals surface area contributed by atoms with E-state index < -0.39 is 11.7 Å². The summed E-state index contributed by atoms with van der Waals surface area (Å²) in [7, 11) is 0. The van der Waals surface area contributed by atoms with Crippen LogP contribution in [0.2, 0.25) is 0 Å². The zero-order valence-corrected chi connectivity index (χ0v) is 13.5. The predicted octanol–water partition coefficient (Wildman–Crippen LogP) is 2.38. The number of benzene rings is 1. The van der Waals surface area contributed by atoms with Gasteiger partial charge in [0, 0.05) is 5.56 Å². The summed E-state index contributed by atoms with van der Waals surface area (Å²) in [6.07, 6.45) is 0. The molecule has 3 rings (SSSR count). The van der Waals surface area contributed by atoms with Gasteiger partial charge in [-0.05, 0) is 23.9 Å². The molecule has 0 saturated carbocycles. The predicted molar refractivity (Wildman–Crippen MR) is 88.6 cm³/mol. The number of nitriles is 1. The van der Waals surface area contributed by atoms with Crippen LogP contribution >= 0.6 is 11.3 Å². The number of rotatable bonds is 4. The average Bonchev–Trinajstić information content (AvgIpc) is 3.15. The van der Waals surface area contributed by atoms with Crippen molar-refractivity contribution < 1.29 is 9.32 Å². The van der Waals surface area contributed by atoms with E-state index in [2.05, 4.69) is 10.5 Å². The van der Waals surface area contributed by atoms with E-state index >= 15 is 0 Å². The average molecular weight is 340 g/mol. The molecular weight excluding hydrogens is 328 g/mol. The molecule has 0 atom stereocenters. The highest BCUT2D eigenvalue weighted by molar-refractivity contribution is 7.14. The number of thiophene rings is 1. The van der Waals surface area contributed by atoms with Crippen molar-refractivity contribution in [2.75, 3.05) is 5.32 Å². The van der Waals surface area contributed by atoms with Crippen molar-refractivity contribution in [1.29, 1.82) is 5.26 Å². The van der Waals surface area contributed by atoms with E-state index in [4.69, 9.17) is 9.78 Å². The number of nitrogens with zero attached hydrogens (tertiary/aromatic N) is 3. The zero-order valence-electron chi connectivity index (χ0n) is 12.6. The fourth-order valence-corrected chi connectivity index (χ4v) is 2.98. The van der Waals surface area contributed by atoms with Gasteiger partial charge < -0.3 is 5.32 Å². The Morgan fingerprint density at radius 3 is 2.96 bits per heavy atom. The molecule has 1 N–H and O–H groups in total. The van der Waals surface area contributed by atoms with Gasteiger partial charge >= 0.3 is 5.76 Å². The van der Waals surface area contributed by atoms with Gasteiger partial charge in [0.15, 0.2) is 5.82 Å². The first kappa shape index (κ1) is 15.7. The molecule has 0 spiro atoms. The first-order valence-corrected chi connectivity index (χ1v) is 7.88. The van der Waals surface area contributed by atoms with Gasteiger partial charge in [-0.15, -0.1) is 11.3 Å². The van der Waals surface area contributed by atoms with Gasteiger partial charge in [-0.3, -0.25) is 9.32 Å². The monoisotopic (exact) mass is 340 g/mol. The molecule has 8 heteroatoms. The number of aromatic nitrogens is 2. The fraction of sp³-hybridized carbons (Fsp3) is 0.125. The van der Waals surface area contributed by atoms with E-state index in [-0.39, 0.29) is 6.54 Å². The maximum absolute atomic E-state index is 12.2. The summed E-state index contributed by atoms with van der Waals surface area (Å²) in [4.78, 5) is 24.1. The van der Waals surface area contributed by atoms with Crippen molar-refractivity contribution >= 4 is 22.2 Å². The Morgan fingerprint density at radius 2 is 2.21 bits per heavy atom. The molecule has 0 saturated heterocycles. The maximum Gasteiger partial charge on any atom is 0.442 e. The fourth-order valence-electron chi connectivity index (χ4n) is 2.23. The Bertz CT molecular complexity index is 993. The minimum Gasteiger partial charge on any atom is -0.315 e. The van der Waals surface area contributed by atoms with Crippen LogP contribution in [-0.2, 0) is 11.3 Å². The maximum atomic E-state index is 12.2. The normalized spacial score (nSPS) is 10.3. The number of hydrogen-bond acceptors (Lipinski definition) is 6. The van der Waals surface area contributed by atoms with Crippen molar-refractivity contribution in [2.24, 2.45) is 0 Å². The van der Waals surface area contributed by atoms with E-state index in [1.807, 2.05) is 31.2 Å². The van der Waals surface area contributed by atoms with Crippen molar-refractivity contribution in [3.05, 3.63) is 57.4 Å². The van der Waals surface area contributed by atoms with Crippen molar-refractivity contribution in [3.8, 4) is 17.5 Å². The minimum atomic E-state index is -0.713. The van der Waals surface area contributed by atoms with Crippen LogP contribution in [0.5, 0.6) is 0 Å². The molecule has 120 valence electrons. The van der Waals surface area contributed by atoms with E-state index in [9.17, 15) is 9.59 Å². The highest BCUT2D eigenvalue weighted by atomic mass is 32.1. The molecule has 2 heterocycles. The molecule has 2 aromatic heterocycles. The number of aryl methyl sites for hydroxylation is 1. The smallest absolute Gasteiger partial charge is 0.315 e. The van der Waals surface area contributed by atoms with E-state index in [0.717, 1.165) is 10.1 Å². The lowest BCUT2D eigenvalue weighted by atomic mass is 10.1. The minimum absolute atomic E-state index is 0.255. The molecule has 0 unspecified atom stereocenters. The number of nitrogens with one attached hydrogen (secondary N) is 1.